The van der Waals surface area contributed by atoms with Crippen LogP contribution in [-0.2, 0) is 10.5 Å². The maximum atomic E-state index is 12.2. The summed E-state index contributed by atoms with van der Waals surface area (Å²) in [4.78, 5) is 12.2. The molecule has 0 aliphatic carbocycles. The number of hydrogen-bond acceptors (Lipinski definition) is 4. The molecule has 3 rings (SSSR count). The van der Waals surface area contributed by atoms with Crippen molar-refractivity contribution in [2.45, 2.75) is 18.1 Å². The number of benzene rings is 2. The Bertz CT molecular complexity index is 870. The third-order valence-corrected chi connectivity index (χ3v) is 5.51. The molecule has 2 aromatic rings. The third kappa shape index (κ3) is 4.21. The summed E-state index contributed by atoms with van der Waals surface area (Å²) in [5, 5.41) is 13.9. The molecule has 0 unspecified atom stereocenters. The van der Waals surface area contributed by atoms with Gasteiger partial charge in [0.15, 0.2) is 0 Å². The molecule has 0 fully saturated rings. The van der Waals surface area contributed by atoms with Gasteiger partial charge in [0.25, 0.3) is 0 Å². The molecule has 1 N–H and O–H groups in total. The first-order chi connectivity index (χ1) is 12.6. The minimum absolute atomic E-state index is 0.0802. The Morgan fingerprint density at radius 1 is 1.23 bits per heavy atom. The number of ether oxygens (including phenoxy) is 1. The second-order valence-electron chi connectivity index (χ2n) is 5.85. The highest BCUT2D eigenvalue weighted by atomic mass is 35.5. The summed E-state index contributed by atoms with van der Waals surface area (Å²) < 4.78 is 5.18. The van der Waals surface area contributed by atoms with Crippen LogP contribution < -0.4 is 10.1 Å². The predicted molar refractivity (Wildman–Crippen MR) is 104 cm³/mol. The van der Waals surface area contributed by atoms with Crippen LogP contribution in [0.2, 0.25) is 5.02 Å². The zero-order valence-corrected chi connectivity index (χ0v) is 15.7. The second-order valence-corrected chi connectivity index (χ2v) is 7.27. The lowest BCUT2D eigenvalue weighted by Gasteiger charge is -2.25. The van der Waals surface area contributed by atoms with Gasteiger partial charge in [-0.3, -0.25) is 4.79 Å². The summed E-state index contributed by atoms with van der Waals surface area (Å²) in [5.74, 6) is 1.07. The molecular formula is C20H17ClN2O2S. The highest BCUT2D eigenvalue weighted by molar-refractivity contribution is 8.02. The normalized spacial score (nSPS) is 16.8. The fraction of sp³-hybridized carbons (Fsp3) is 0.200. The van der Waals surface area contributed by atoms with E-state index in [1.165, 1.54) is 11.8 Å². The molecule has 2 aromatic carbocycles. The van der Waals surface area contributed by atoms with Crippen LogP contribution in [0.25, 0.3) is 0 Å². The predicted octanol–water partition coefficient (Wildman–Crippen LogP) is 4.62. The molecular weight excluding hydrogens is 368 g/mol. The zero-order valence-electron chi connectivity index (χ0n) is 14.2. The van der Waals surface area contributed by atoms with E-state index in [-0.39, 0.29) is 18.2 Å². The van der Waals surface area contributed by atoms with E-state index < -0.39 is 0 Å². The molecule has 4 nitrogen and oxygen atoms in total. The summed E-state index contributed by atoms with van der Waals surface area (Å²) in [6.45, 7) is 0. The van der Waals surface area contributed by atoms with Crippen LogP contribution in [-0.4, -0.2) is 13.0 Å². The maximum absolute atomic E-state index is 12.2. The molecule has 6 heteroatoms. The molecule has 1 aliphatic heterocycles. The van der Waals surface area contributed by atoms with Gasteiger partial charge in [-0.1, -0.05) is 35.9 Å². The molecule has 0 spiro atoms. The number of hydrogen-bond donors (Lipinski definition) is 1. The van der Waals surface area contributed by atoms with Crippen molar-refractivity contribution in [3.8, 4) is 11.8 Å². The highest BCUT2D eigenvalue weighted by Crippen LogP contribution is 2.37. The number of nitrogens with one attached hydrogen (secondary N) is 1. The van der Waals surface area contributed by atoms with Gasteiger partial charge in [-0.2, -0.15) is 5.26 Å². The number of allylic oxidation sites excluding steroid dienone is 1. The van der Waals surface area contributed by atoms with Gasteiger partial charge in [-0.15, -0.1) is 11.8 Å². The lowest BCUT2D eigenvalue weighted by Crippen LogP contribution is -2.30. The third-order valence-electron chi connectivity index (χ3n) is 4.17. The fourth-order valence-electron chi connectivity index (χ4n) is 2.79. The van der Waals surface area contributed by atoms with E-state index >= 15 is 0 Å². The van der Waals surface area contributed by atoms with Crippen molar-refractivity contribution >= 4 is 29.3 Å². The van der Waals surface area contributed by atoms with Crippen molar-refractivity contribution in [2.75, 3.05) is 7.11 Å². The number of rotatable bonds is 5. The van der Waals surface area contributed by atoms with Gasteiger partial charge in [0.1, 0.15) is 5.75 Å². The van der Waals surface area contributed by atoms with Crippen molar-refractivity contribution < 1.29 is 9.53 Å². The SMILES string of the molecule is COc1ccc([C@@H]2CC(=O)NC(SCc3ccc(Cl)cc3)=C2C#N)cc1. The molecule has 132 valence electrons. The van der Waals surface area contributed by atoms with E-state index in [9.17, 15) is 10.1 Å². The van der Waals surface area contributed by atoms with Crippen molar-refractivity contribution in [2.24, 2.45) is 0 Å². The maximum Gasteiger partial charge on any atom is 0.225 e. The number of amides is 1. The number of nitriles is 1. The Morgan fingerprint density at radius 3 is 2.54 bits per heavy atom. The van der Waals surface area contributed by atoms with Gasteiger partial charge in [-0.25, -0.2) is 0 Å². The first-order valence-electron chi connectivity index (χ1n) is 8.06. The number of methoxy groups -OCH3 is 1. The molecule has 1 heterocycles. The van der Waals surface area contributed by atoms with Gasteiger partial charge in [-0.05, 0) is 35.4 Å². The molecule has 0 saturated carbocycles. The summed E-state index contributed by atoms with van der Waals surface area (Å²) >= 11 is 7.36. The quantitative estimate of drug-likeness (QED) is 0.816. The Hall–Kier alpha value is -2.42. The fourth-order valence-corrected chi connectivity index (χ4v) is 3.95. The van der Waals surface area contributed by atoms with E-state index in [1.54, 1.807) is 7.11 Å². The zero-order chi connectivity index (χ0) is 18.5. The van der Waals surface area contributed by atoms with E-state index in [4.69, 9.17) is 16.3 Å². The monoisotopic (exact) mass is 384 g/mol. The summed E-state index contributed by atoms with van der Waals surface area (Å²) in [6, 6.07) is 17.3. The number of carbonyl (C=O) groups is 1. The molecule has 0 aromatic heterocycles. The Morgan fingerprint density at radius 2 is 1.92 bits per heavy atom. The lowest BCUT2D eigenvalue weighted by molar-refractivity contribution is -0.120. The molecule has 1 amide bonds. The van der Waals surface area contributed by atoms with Gasteiger partial charge >= 0.3 is 0 Å². The van der Waals surface area contributed by atoms with Gasteiger partial charge < -0.3 is 10.1 Å². The standard InChI is InChI=1S/C20H17ClN2O2S/c1-25-16-8-4-14(5-9-16)17-10-19(24)23-20(18(17)11-22)26-12-13-2-6-15(21)7-3-13/h2-9,17H,10,12H2,1H3,(H,23,24)/t17-/m0/s1. The van der Waals surface area contributed by atoms with Crippen molar-refractivity contribution in [1.82, 2.24) is 5.32 Å². The molecule has 26 heavy (non-hydrogen) atoms. The van der Waals surface area contributed by atoms with Crippen LogP contribution in [0.1, 0.15) is 23.5 Å². The van der Waals surface area contributed by atoms with Crippen LogP contribution in [0.5, 0.6) is 5.75 Å². The van der Waals surface area contributed by atoms with Crippen LogP contribution in [0.3, 0.4) is 0 Å². The van der Waals surface area contributed by atoms with E-state index in [1.807, 2.05) is 48.5 Å². The van der Waals surface area contributed by atoms with Crippen LogP contribution in [0, 0.1) is 11.3 Å². The average Bonchev–Trinajstić information content (AvgIpc) is 2.67. The first kappa shape index (κ1) is 18.4. The van der Waals surface area contributed by atoms with Gasteiger partial charge in [0.05, 0.1) is 23.8 Å². The van der Waals surface area contributed by atoms with Gasteiger partial charge in [0, 0.05) is 23.1 Å². The Balaban J connectivity index is 1.85. The highest BCUT2D eigenvalue weighted by Gasteiger charge is 2.29. The van der Waals surface area contributed by atoms with Crippen molar-refractivity contribution in [3.05, 3.63) is 75.3 Å². The van der Waals surface area contributed by atoms with Crippen molar-refractivity contribution in [1.29, 1.82) is 5.26 Å². The van der Waals surface area contributed by atoms with E-state index in [0.717, 1.165) is 16.9 Å². The number of nitrogens with zero attached hydrogens (tertiary/aromatic N) is 1. The lowest BCUT2D eigenvalue weighted by atomic mass is 9.87. The molecule has 1 aliphatic rings. The second kappa shape index (κ2) is 8.31. The number of thioether (sulfide) groups is 1. The Labute approximate surface area is 161 Å². The van der Waals surface area contributed by atoms with E-state index in [0.29, 0.717) is 21.4 Å². The summed E-state index contributed by atoms with van der Waals surface area (Å²) in [6.07, 6.45) is 0.264. The number of carbonyl (C=O) groups excluding carboxylic acids is 1. The van der Waals surface area contributed by atoms with Gasteiger partial charge in [0.2, 0.25) is 5.91 Å². The topological polar surface area (TPSA) is 62.1 Å². The smallest absolute Gasteiger partial charge is 0.225 e. The summed E-state index contributed by atoms with van der Waals surface area (Å²) in [7, 11) is 1.61. The Kier molecular flexibility index (Phi) is 5.87. The minimum atomic E-state index is -0.243. The van der Waals surface area contributed by atoms with E-state index in [2.05, 4.69) is 11.4 Å². The average molecular weight is 385 g/mol. The van der Waals surface area contributed by atoms with Crippen LogP contribution in [0.15, 0.2) is 59.1 Å². The van der Waals surface area contributed by atoms with Crippen molar-refractivity contribution in [3.63, 3.8) is 0 Å². The molecule has 0 saturated heterocycles. The number of halogens is 1. The molecule has 0 radical (unpaired) electrons. The molecule has 1 atom stereocenters. The first-order valence-corrected chi connectivity index (χ1v) is 9.42. The van der Waals surface area contributed by atoms with Crippen LogP contribution >= 0.6 is 23.4 Å². The largest absolute Gasteiger partial charge is 0.497 e. The minimum Gasteiger partial charge on any atom is -0.497 e. The summed E-state index contributed by atoms with van der Waals surface area (Å²) in [5.41, 5.74) is 2.60. The van der Waals surface area contributed by atoms with Crippen LogP contribution in [0.4, 0.5) is 0 Å². The molecule has 0 bridgehead atoms.